The lowest BCUT2D eigenvalue weighted by molar-refractivity contribution is 0.177. The van der Waals surface area contributed by atoms with Crippen LogP contribution in [0.2, 0.25) is 0 Å². The molecule has 9 heteroatoms. The molecule has 0 aromatic carbocycles. The number of nitrogens with one attached hydrogen (secondary N) is 1. The van der Waals surface area contributed by atoms with Gasteiger partial charge in [0.25, 0.3) is 0 Å². The number of aromatic nitrogens is 6. The van der Waals surface area contributed by atoms with E-state index in [0.717, 1.165) is 56.2 Å². The third-order valence-electron chi connectivity index (χ3n) is 4.90. The van der Waals surface area contributed by atoms with Gasteiger partial charge in [0.15, 0.2) is 5.82 Å². The molecule has 1 N–H and O–H groups in total. The highest BCUT2D eigenvalue weighted by atomic mass is 16.2. The number of nitrogens with zero attached hydrogens (tertiary/aromatic N) is 7. The van der Waals surface area contributed by atoms with E-state index in [1.807, 2.05) is 16.5 Å². The molecule has 4 heterocycles. The fraction of sp³-hybridized carbons (Fsp3) is 0.667. The first-order valence-electron chi connectivity index (χ1n) is 8.50. The number of likely N-dealkylation sites (tertiary alicyclic amines) is 1. The van der Waals surface area contributed by atoms with Gasteiger partial charge in [-0.15, -0.1) is 20.4 Å². The molecule has 4 rings (SSSR count). The van der Waals surface area contributed by atoms with Gasteiger partial charge in [0.05, 0.1) is 6.54 Å². The first kappa shape index (κ1) is 15.1. The van der Waals surface area contributed by atoms with Crippen molar-refractivity contribution in [3.05, 3.63) is 23.8 Å². The third kappa shape index (κ3) is 2.74. The molecule has 2 aliphatic heterocycles. The fourth-order valence-electron chi connectivity index (χ4n) is 3.64. The molecule has 128 valence electrons. The summed E-state index contributed by atoms with van der Waals surface area (Å²) in [6.45, 7) is 2.83. The number of piperidine rings is 1. The summed E-state index contributed by atoms with van der Waals surface area (Å²) in [6.07, 6.45) is 5.81. The van der Waals surface area contributed by atoms with Crippen LogP contribution >= 0.6 is 0 Å². The standard InChI is InChI=1S/C15H22N8O/c1-21-10-17-20-14(21)11-4-2-6-22(9-11)15(24)16-8-13-19-18-12-5-3-7-23(12)13/h10-11H,2-9H2,1H3,(H,16,24). The van der Waals surface area contributed by atoms with Gasteiger partial charge >= 0.3 is 6.03 Å². The average molecular weight is 330 g/mol. The van der Waals surface area contributed by atoms with E-state index in [1.54, 1.807) is 6.33 Å². The van der Waals surface area contributed by atoms with Gasteiger partial charge in [-0.05, 0) is 19.3 Å². The second-order valence-corrected chi connectivity index (χ2v) is 6.53. The van der Waals surface area contributed by atoms with Crippen LogP contribution in [0.15, 0.2) is 6.33 Å². The number of amides is 2. The van der Waals surface area contributed by atoms with Crippen molar-refractivity contribution >= 4 is 6.03 Å². The summed E-state index contributed by atoms with van der Waals surface area (Å²) in [5.41, 5.74) is 0. The van der Waals surface area contributed by atoms with Gasteiger partial charge in [0.1, 0.15) is 18.0 Å². The minimum absolute atomic E-state index is 0.0442. The van der Waals surface area contributed by atoms with Gasteiger partial charge in [-0.2, -0.15) is 0 Å². The number of hydrogen-bond donors (Lipinski definition) is 1. The number of carbonyl (C=O) groups excluding carboxylic acids is 1. The largest absolute Gasteiger partial charge is 0.331 e. The highest BCUT2D eigenvalue weighted by molar-refractivity contribution is 5.74. The van der Waals surface area contributed by atoms with Gasteiger partial charge in [-0.25, -0.2) is 4.79 Å². The van der Waals surface area contributed by atoms with Gasteiger partial charge in [-0.1, -0.05) is 0 Å². The second kappa shape index (κ2) is 6.21. The Hall–Kier alpha value is -2.45. The minimum Gasteiger partial charge on any atom is -0.331 e. The van der Waals surface area contributed by atoms with Crippen LogP contribution < -0.4 is 5.32 Å². The highest BCUT2D eigenvalue weighted by Gasteiger charge is 2.27. The van der Waals surface area contributed by atoms with Gasteiger partial charge in [-0.3, -0.25) is 0 Å². The van der Waals surface area contributed by atoms with Crippen molar-refractivity contribution in [3.8, 4) is 0 Å². The molecule has 2 aliphatic rings. The van der Waals surface area contributed by atoms with Crippen LogP contribution in [0.1, 0.15) is 42.7 Å². The van der Waals surface area contributed by atoms with E-state index in [4.69, 9.17) is 0 Å². The maximum atomic E-state index is 12.5. The predicted octanol–water partition coefficient (Wildman–Crippen LogP) is 0.442. The Morgan fingerprint density at radius 1 is 1.29 bits per heavy atom. The number of fused-ring (bicyclic) bond motifs is 1. The number of rotatable bonds is 3. The molecule has 1 saturated heterocycles. The number of urea groups is 1. The zero-order valence-corrected chi connectivity index (χ0v) is 13.9. The minimum atomic E-state index is -0.0442. The molecule has 2 amide bonds. The quantitative estimate of drug-likeness (QED) is 0.881. The summed E-state index contributed by atoms with van der Waals surface area (Å²) in [7, 11) is 1.94. The summed E-state index contributed by atoms with van der Waals surface area (Å²) in [4.78, 5) is 14.4. The topological polar surface area (TPSA) is 93.8 Å². The molecular weight excluding hydrogens is 308 g/mol. The highest BCUT2D eigenvalue weighted by Crippen LogP contribution is 2.25. The summed E-state index contributed by atoms with van der Waals surface area (Å²) >= 11 is 0. The van der Waals surface area contributed by atoms with Gasteiger partial charge < -0.3 is 19.4 Å². The lowest BCUT2D eigenvalue weighted by Crippen LogP contribution is -2.45. The normalized spacial score (nSPS) is 20.2. The first-order valence-corrected chi connectivity index (χ1v) is 8.50. The smallest absolute Gasteiger partial charge is 0.317 e. The molecular formula is C15H22N8O. The third-order valence-corrected chi connectivity index (χ3v) is 4.90. The predicted molar refractivity (Wildman–Crippen MR) is 85.1 cm³/mol. The Kier molecular flexibility index (Phi) is 3.91. The van der Waals surface area contributed by atoms with Crippen molar-refractivity contribution in [2.75, 3.05) is 13.1 Å². The van der Waals surface area contributed by atoms with Crippen LogP contribution in [-0.4, -0.2) is 53.5 Å². The van der Waals surface area contributed by atoms with E-state index in [2.05, 4.69) is 30.3 Å². The molecule has 9 nitrogen and oxygen atoms in total. The Bertz CT molecular complexity index is 736. The van der Waals surface area contributed by atoms with Crippen molar-refractivity contribution < 1.29 is 4.79 Å². The lowest BCUT2D eigenvalue weighted by Gasteiger charge is -2.32. The number of hydrogen-bond acceptors (Lipinski definition) is 5. The van der Waals surface area contributed by atoms with E-state index in [1.165, 1.54) is 0 Å². The molecule has 0 aliphatic carbocycles. The summed E-state index contributed by atoms with van der Waals surface area (Å²) in [6, 6.07) is -0.0442. The van der Waals surface area contributed by atoms with Crippen LogP contribution in [0.25, 0.3) is 0 Å². The molecule has 1 unspecified atom stereocenters. The summed E-state index contributed by atoms with van der Waals surface area (Å²) < 4.78 is 4.05. The van der Waals surface area contributed by atoms with Crippen molar-refractivity contribution in [1.82, 2.24) is 39.7 Å². The zero-order valence-electron chi connectivity index (χ0n) is 13.9. The Labute approximate surface area is 140 Å². The van der Waals surface area contributed by atoms with Crippen LogP contribution in [-0.2, 0) is 26.6 Å². The summed E-state index contributed by atoms with van der Waals surface area (Å²) in [5, 5.41) is 19.5. The van der Waals surface area contributed by atoms with Gasteiger partial charge in [0, 0.05) is 39.0 Å². The monoisotopic (exact) mass is 330 g/mol. The molecule has 24 heavy (non-hydrogen) atoms. The lowest BCUT2D eigenvalue weighted by atomic mass is 9.97. The van der Waals surface area contributed by atoms with Gasteiger partial charge in [0.2, 0.25) is 0 Å². The van der Waals surface area contributed by atoms with E-state index >= 15 is 0 Å². The average Bonchev–Trinajstić information content (AvgIpc) is 3.30. The van der Waals surface area contributed by atoms with Crippen molar-refractivity contribution in [1.29, 1.82) is 0 Å². The Balaban J connectivity index is 1.36. The first-order chi connectivity index (χ1) is 11.7. The van der Waals surface area contributed by atoms with Crippen LogP contribution in [0.5, 0.6) is 0 Å². The molecule has 0 bridgehead atoms. The van der Waals surface area contributed by atoms with Crippen LogP contribution in [0.3, 0.4) is 0 Å². The number of aryl methyl sites for hydroxylation is 2. The van der Waals surface area contributed by atoms with Crippen molar-refractivity contribution in [2.45, 2.75) is 44.7 Å². The van der Waals surface area contributed by atoms with E-state index in [-0.39, 0.29) is 11.9 Å². The Morgan fingerprint density at radius 2 is 2.21 bits per heavy atom. The van der Waals surface area contributed by atoms with E-state index < -0.39 is 0 Å². The van der Waals surface area contributed by atoms with E-state index in [0.29, 0.717) is 13.1 Å². The molecule has 2 aromatic heterocycles. The maximum Gasteiger partial charge on any atom is 0.317 e. The summed E-state index contributed by atoms with van der Waals surface area (Å²) in [5.74, 6) is 3.06. The maximum absolute atomic E-state index is 12.5. The molecule has 2 aromatic rings. The van der Waals surface area contributed by atoms with E-state index in [9.17, 15) is 4.79 Å². The molecule has 1 fully saturated rings. The van der Waals surface area contributed by atoms with Crippen LogP contribution in [0, 0.1) is 0 Å². The zero-order chi connectivity index (χ0) is 16.5. The van der Waals surface area contributed by atoms with Crippen molar-refractivity contribution in [2.24, 2.45) is 7.05 Å². The molecule has 1 atom stereocenters. The second-order valence-electron chi connectivity index (χ2n) is 6.53. The molecule has 0 radical (unpaired) electrons. The van der Waals surface area contributed by atoms with Crippen molar-refractivity contribution in [3.63, 3.8) is 0 Å². The fourth-order valence-corrected chi connectivity index (χ4v) is 3.64. The Morgan fingerprint density at radius 3 is 3.04 bits per heavy atom. The SMILES string of the molecule is Cn1cnnc1C1CCCN(C(=O)NCc2nnc3n2CCC3)C1. The molecule has 0 spiro atoms. The number of carbonyl (C=O) groups is 1. The molecule has 0 saturated carbocycles. The van der Waals surface area contributed by atoms with Crippen LogP contribution in [0.4, 0.5) is 4.79 Å².